The first-order chi connectivity index (χ1) is 8.43. The maximum Gasteiger partial charge on any atom is 0.433 e. The van der Waals surface area contributed by atoms with Crippen LogP contribution < -0.4 is 4.90 Å². The second-order valence-electron chi connectivity index (χ2n) is 3.76. The second-order valence-corrected chi connectivity index (χ2v) is 3.76. The molecule has 0 amide bonds. The van der Waals surface area contributed by atoms with Crippen molar-refractivity contribution >= 4 is 5.82 Å². The van der Waals surface area contributed by atoms with Crippen LogP contribution in [0.3, 0.4) is 0 Å². The highest BCUT2D eigenvalue weighted by Crippen LogP contribution is 2.30. The van der Waals surface area contributed by atoms with Crippen LogP contribution in [-0.4, -0.2) is 18.1 Å². The third-order valence-electron chi connectivity index (χ3n) is 2.46. The van der Waals surface area contributed by atoms with E-state index in [9.17, 15) is 13.2 Å². The van der Waals surface area contributed by atoms with Crippen molar-refractivity contribution in [2.75, 3.05) is 18.0 Å². The molecule has 1 heterocycles. The molecule has 3 nitrogen and oxygen atoms in total. The summed E-state index contributed by atoms with van der Waals surface area (Å²) in [6.07, 6.45) is -3.72. The van der Waals surface area contributed by atoms with Crippen molar-refractivity contribution in [1.29, 1.82) is 5.26 Å². The van der Waals surface area contributed by atoms with E-state index < -0.39 is 11.9 Å². The minimum atomic E-state index is -4.49. The van der Waals surface area contributed by atoms with Gasteiger partial charge in [-0.15, -0.1) is 0 Å². The fraction of sp³-hybridized carbons (Fsp3) is 0.500. The van der Waals surface area contributed by atoms with E-state index in [1.54, 1.807) is 4.90 Å². The molecule has 0 saturated heterocycles. The van der Waals surface area contributed by atoms with Gasteiger partial charge in [0, 0.05) is 13.1 Å². The van der Waals surface area contributed by atoms with Gasteiger partial charge in [-0.2, -0.15) is 18.4 Å². The average Bonchev–Trinajstić information content (AvgIpc) is 2.34. The topological polar surface area (TPSA) is 39.9 Å². The number of hydrogen-bond donors (Lipinski definition) is 0. The summed E-state index contributed by atoms with van der Waals surface area (Å²) >= 11 is 0. The van der Waals surface area contributed by atoms with E-state index >= 15 is 0 Å². The molecule has 1 aromatic rings. The fourth-order valence-electron chi connectivity index (χ4n) is 1.62. The first-order valence-corrected chi connectivity index (χ1v) is 5.67. The molecule has 0 N–H and O–H groups in total. The van der Waals surface area contributed by atoms with Crippen molar-refractivity contribution in [1.82, 2.24) is 4.98 Å². The van der Waals surface area contributed by atoms with Gasteiger partial charge in [-0.25, -0.2) is 4.98 Å². The van der Waals surface area contributed by atoms with Crippen molar-refractivity contribution < 1.29 is 13.2 Å². The predicted octanol–water partition coefficient (Wildman–Crippen LogP) is 3.21. The Labute approximate surface area is 104 Å². The maximum atomic E-state index is 12.6. The Bertz CT molecular complexity index is 449. The summed E-state index contributed by atoms with van der Waals surface area (Å²) in [6.45, 7) is 4.82. The van der Waals surface area contributed by atoms with Crippen molar-refractivity contribution in [2.24, 2.45) is 0 Å². The van der Waals surface area contributed by atoms with Crippen LogP contribution in [0.4, 0.5) is 19.0 Å². The number of nitrogens with zero attached hydrogens (tertiary/aromatic N) is 3. The largest absolute Gasteiger partial charge is 0.433 e. The van der Waals surface area contributed by atoms with Crippen LogP contribution in [0, 0.1) is 11.3 Å². The lowest BCUT2D eigenvalue weighted by Gasteiger charge is -2.23. The van der Waals surface area contributed by atoms with Gasteiger partial charge < -0.3 is 4.90 Å². The summed E-state index contributed by atoms with van der Waals surface area (Å²) in [5, 5.41) is 8.93. The molecule has 0 bridgehead atoms. The number of aromatic nitrogens is 1. The monoisotopic (exact) mass is 257 g/mol. The average molecular weight is 257 g/mol. The lowest BCUT2D eigenvalue weighted by molar-refractivity contribution is -0.141. The minimum Gasteiger partial charge on any atom is -0.356 e. The quantitative estimate of drug-likeness (QED) is 0.831. The summed E-state index contributed by atoms with van der Waals surface area (Å²) in [6, 6.07) is 3.88. The number of nitriles is 1. The van der Waals surface area contributed by atoms with E-state index in [0.717, 1.165) is 12.5 Å². The molecule has 1 aromatic heterocycles. The summed E-state index contributed by atoms with van der Waals surface area (Å²) < 4.78 is 37.8. The Kier molecular flexibility index (Phi) is 4.54. The van der Waals surface area contributed by atoms with E-state index in [1.807, 2.05) is 19.9 Å². The summed E-state index contributed by atoms with van der Waals surface area (Å²) in [4.78, 5) is 5.26. The smallest absolute Gasteiger partial charge is 0.356 e. The molecule has 0 atom stereocenters. The number of halogens is 3. The Balaban J connectivity index is 3.26. The lowest BCUT2D eigenvalue weighted by Crippen LogP contribution is -2.26. The van der Waals surface area contributed by atoms with Gasteiger partial charge in [0.25, 0.3) is 0 Å². The van der Waals surface area contributed by atoms with Crippen LogP contribution in [0.25, 0.3) is 0 Å². The first kappa shape index (κ1) is 14.3. The van der Waals surface area contributed by atoms with E-state index in [2.05, 4.69) is 4.98 Å². The molecular weight excluding hydrogens is 243 g/mol. The van der Waals surface area contributed by atoms with Gasteiger partial charge in [-0.05, 0) is 25.5 Å². The number of anilines is 1. The van der Waals surface area contributed by atoms with Crippen LogP contribution in [0.5, 0.6) is 0 Å². The first-order valence-electron chi connectivity index (χ1n) is 5.67. The molecular formula is C12H14F3N3. The number of rotatable bonds is 4. The normalized spacial score (nSPS) is 11.1. The van der Waals surface area contributed by atoms with E-state index in [4.69, 9.17) is 5.26 Å². The molecule has 1 rings (SSSR count). The molecule has 0 aromatic carbocycles. The Morgan fingerprint density at radius 2 is 2.00 bits per heavy atom. The molecule has 0 aliphatic rings. The van der Waals surface area contributed by atoms with Gasteiger partial charge in [-0.3, -0.25) is 0 Å². The number of alkyl halides is 3. The highest BCUT2D eigenvalue weighted by molar-refractivity contribution is 5.54. The fourth-order valence-corrected chi connectivity index (χ4v) is 1.62. The van der Waals surface area contributed by atoms with E-state index in [-0.39, 0.29) is 11.4 Å². The van der Waals surface area contributed by atoms with Gasteiger partial charge in [0.1, 0.15) is 17.6 Å². The van der Waals surface area contributed by atoms with E-state index in [1.165, 1.54) is 6.07 Å². The maximum absolute atomic E-state index is 12.6. The third-order valence-corrected chi connectivity index (χ3v) is 2.46. The summed E-state index contributed by atoms with van der Waals surface area (Å²) in [7, 11) is 0. The zero-order valence-corrected chi connectivity index (χ0v) is 10.3. The summed E-state index contributed by atoms with van der Waals surface area (Å²) in [5.41, 5.74) is -0.802. The van der Waals surface area contributed by atoms with Crippen molar-refractivity contribution in [3.63, 3.8) is 0 Å². The zero-order valence-electron chi connectivity index (χ0n) is 10.3. The van der Waals surface area contributed by atoms with Crippen LogP contribution in [-0.2, 0) is 6.18 Å². The van der Waals surface area contributed by atoms with Crippen molar-refractivity contribution in [3.8, 4) is 6.07 Å². The highest BCUT2D eigenvalue weighted by atomic mass is 19.4. The lowest BCUT2D eigenvalue weighted by atomic mass is 10.2. The van der Waals surface area contributed by atoms with Gasteiger partial charge >= 0.3 is 6.18 Å². The highest BCUT2D eigenvalue weighted by Gasteiger charge is 2.33. The molecule has 98 valence electrons. The molecule has 0 unspecified atom stereocenters. The zero-order chi connectivity index (χ0) is 13.8. The Morgan fingerprint density at radius 1 is 1.33 bits per heavy atom. The van der Waals surface area contributed by atoms with Crippen molar-refractivity contribution in [3.05, 3.63) is 23.4 Å². The van der Waals surface area contributed by atoms with Crippen LogP contribution in [0.15, 0.2) is 12.1 Å². The second kappa shape index (κ2) is 5.71. The SMILES string of the molecule is CCCN(CC)c1nc(C(F)(F)F)ccc1C#N. The van der Waals surface area contributed by atoms with Gasteiger partial charge in [0.15, 0.2) is 0 Å². The van der Waals surface area contributed by atoms with Gasteiger partial charge in [0.05, 0.1) is 5.56 Å². The molecule has 0 spiro atoms. The molecule has 6 heteroatoms. The molecule has 0 saturated carbocycles. The Hall–Kier alpha value is -1.77. The summed E-state index contributed by atoms with van der Waals surface area (Å²) in [5.74, 6) is 0.108. The van der Waals surface area contributed by atoms with Crippen molar-refractivity contribution in [2.45, 2.75) is 26.4 Å². The standard InChI is InChI=1S/C12H14F3N3/c1-3-7-18(4-2)11-9(8-16)5-6-10(17-11)12(13,14)15/h5-6H,3-4,7H2,1-2H3. The Morgan fingerprint density at radius 3 is 2.44 bits per heavy atom. The van der Waals surface area contributed by atoms with Crippen LogP contribution >= 0.6 is 0 Å². The van der Waals surface area contributed by atoms with Crippen LogP contribution in [0.2, 0.25) is 0 Å². The predicted molar refractivity (Wildman–Crippen MR) is 62.1 cm³/mol. The third kappa shape index (κ3) is 3.13. The number of pyridine rings is 1. The molecule has 0 aliphatic heterocycles. The molecule has 0 fully saturated rings. The van der Waals surface area contributed by atoms with Gasteiger partial charge in [-0.1, -0.05) is 6.92 Å². The molecule has 0 aliphatic carbocycles. The minimum absolute atomic E-state index is 0.108. The van der Waals surface area contributed by atoms with Gasteiger partial charge in [0.2, 0.25) is 0 Å². The molecule has 0 radical (unpaired) electrons. The van der Waals surface area contributed by atoms with E-state index in [0.29, 0.717) is 13.1 Å². The molecule has 18 heavy (non-hydrogen) atoms. The van der Waals surface area contributed by atoms with Crippen LogP contribution in [0.1, 0.15) is 31.5 Å². The number of hydrogen-bond acceptors (Lipinski definition) is 3.